The van der Waals surface area contributed by atoms with Crippen molar-refractivity contribution in [2.24, 2.45) is 0 Å². The average Bonchev–Trinajstić information content (AvgIpc) is 1.64. The van der Waals surface area contributed by atoms with E-state index in [1.807, 2.05) is 14.1 Å². The number of quaternary nitrogens is 1. The molecular formula is C6H14FNO. The zero-order valence-electron chi connectivity index (χ0n) is 6.06. The molecule has 0 fully saturated rings. The maximum absolute atomic E-state index is 11.7. The second-order valence-electron chi connectivity index (χ2n) is 2.78. The molecular weight excluding hydrogens is 121 g/mol. The van der Waals surface area contributed by atoms with Crippen molar-refractivity contribution in [1.82, 2.24) is 0 Å². The summed E-state index contributed by atoms with van der Waals surface area (Å²) in [6, 6.07) is 0. The maximum Gasteiger partial charge on any atom is 0.138 e. The molecule has 0 spiro atoms. The molecule has 0 bridgehead atoms. The van der Waals surface area contributed by atoms with Crippen molar-refractivity contribution >= 4 is 0 Å². The van der Waals surface area contributed by atoms with E-state index in [4.69, 9.17) is 0 Å². The first-order chi connectivity index (χ1) is 4.12. The minimum Gasteiger partial charge on any atom is -0.850 e. The fourth-order valence-corrected chi connectivity index (χ4v) is 0.588. The Morgan fingerprint density at radius 2 is 1.89 bits per heavy atom. The third-order valence-electron chi connectivity index (χ3n) is 1.39. The molecule has 0 atom stereocenters. The van der Waals surface area contributed by atoms with Crippen LogP contribution in [0.4, 0.5) is 4.39 Å². The molecule has 0 heterocycles. The largest absolute Gasteiger partial charge is 0.850 e. The normalized spacial score (nSPS) is 12.0. The maximum atomic E-state index is 11.7. The van der Waals surface area contributed by atoms with E-state index in [0.29, 0.717) is 17.6 Å². The van der Waals surface area contributed by atoms with Gasteiger partial charge in [0.1, 0.15) is 13.2 Å². The minimum absolute atomic E-state index is 0.118. The fourth-order valence-electron chi connectivity index (χ4n) is 0.588. The lowest BCUT2D eigenvalue weighted by Crippen LogP contribution is -2.45. The second kappa shape index (κ2) is 3.80. The fraction of sp³-hybridized carbons (Fsp3) is 1.00. The molecule has 0 amide bonds. The number of likely N-dealkylation sites (N-methyl/N-ethyl adjacent to an activating group) is 1. The lowest BCUT2D eigenvalue weighted by atomic mass is 10.4. The average molecular weight is 135 g/mol. The van der Waals surface area contributed by atoms with Crippen molar-refractivity contribution in [3.8, 4) is 0 Å². The smallest absolute Gasteiger partial charge is 0.138 e. The van der Waals surface area contributed by atoms with Gasteiger partial charge in [-0.25, -0.2) is 4.39 Å². The van der Waals surface area contributed by atoms with E-state index in [9.17, 15) is 9.50 Å². The highest BCUT2D eigenvalue weighted by molar-refractivity contribution is 4.29. The molecule has 3 heteroatoms. The van der Waals surface area contributed by atoms with Gasteiger partial charge in [0.15, 0.2) is 0 Å². The summed E-state index contributed by atoms with van der Waals surface area (Å²) >= 11 is 0. The molecule has 0 aromatic rings. The Kier molecular flexibility index (Phi) is 3.73. The van der Waals surface area contributed by atoms with Crippen molar-refractivity contribution in [3.63, 3.8) is 0 Å². The molecule has 0 aromatic carbocycles. The first-order valence-corrected chi connectivity index (χ1v) is 3.08. The summed E-state index contributed by atoms with van der Waals surface area (Å²) in [5.74, 6) is 0. The zero-order chi connectivity index (χ0) is 7.33. The molecule has 0 rings (SSSR count). The van der Waals surface area contributed by atoms with Gasteiger partial charge in [0.25, 0.3) is 0 Å². The molecule has 0 aliphatic carbocycles. The van der Waals surface area contributed by atoms with Crippen LogP contribution in [0.25, 0.3) is 0 Å². The summed E-state index contributed by atoms with van der Waals surface area (Å²) < 4.78 is 12.2. The molecule has 56 valence electrons. The van der Waals surface area contributed by atoms with Crippen LogP contribution in [0, 0.1) is 0 Å². The van der Waals surface area contributed by atoms with Gasteiger partial charge < -0.3 is 9.59 Å². The Labute approximate surface area is 55.5 Å². The molecule has 0 unspecified atom stereocenters. The highest BCUT2D eigenvalue weighted by Gasteiger charge is 2.09. The van der Waals surface area contributed by atoms with Gasteiger partial charge >= 0.3 is 0 Å². The number of hydrogen-bond acceptors (Lipinski definition) is 1. The summed E-state index contributed by atoms with van der Waals surface area (Å²) in [5.41, 5.74) is 0. The van der Waals surface area contributed by atoms with Crippen LogP contribution >= 0.6 is 0 Å². The number of halogens is 1. The topological polar surface area (TPSA) is 23.1 Å². The quantitative estimate of drug-likeness (QED) is 0.472. The van der Waals surface area contributed by atoms with E-state index in [2.05, 4.69) is 0 Å². The van der Waals surface area contributed by atoms with E-state index >= 15 is 0 Å². The van der Waals surface area contributed by atoms with Crippen molar-refractivity contribution in [3.05, 3.63) is 0 Å². The molecule has 0 aliphatic heterocycles. The molecule has 2 nitrogen and oxygen atoms in total. The summed E-state index contributed by atoms with van der Waals surface area (Å²) in [6.45, 7) is 0.506. The van der Waals surface area contributed by atoms with Crippen LogP contribution in [-0.4, -0.2) is 44.9 Å². The van der Waals surface area contributed by atoms with E-state index in [1.54, 1.807) is 0 Å². The first-order valence-electron chi connectivity index (χ1n) is 3.08. The van der Waals surface area contributed by atoms with Crippen LogP contribution in [0.1, 0.15) is 0 Å². The lowest BCUT2D eigenvalue weighted by molar-refractivity contribution is -0.895. The Morgan fingerprint density at radius 1 is 1.33 bits per heavy atom. The Morgan fingerprint density at radius 3 is 2.22 bits per heavy atom. The van der Waals surface area contributed by atoms with Crippen LogP contribution in [0.5, 0.6) is 0 Å². The molecule has 0 saturated carbocycles. The van der Waals surface area contributed by atoms with E-state index < -0.39 is 0 Å². The van der Waals surface area contributed by atoms with E-state index in [-0.39, 0.29) is 13.3 Å². The van der Waals surface area contributed by atoms with Gasteiger partial charge in [0.05, 0.1) is 20.6 Å². The van der Waals surface area contributed by atoms with Crippen LogP contribution in [0.15, 0.2) is 0 Å². The Bertz CT molecular complexity index is 67.5. The predicted octanol–water partition coefficient (Wildman–Crippen LogP) is -0.607. The second-order valence-corrected chi connectivity index (χ2v) is 2.78. The SMILES string of the molecule is C[N+](C)(CC[O-])CCF. The molecule has 0 N–H and O–H groups in total. The third-order valence-corrected chi connectivity index (χ3v) is 1.39. The van der Waals surface area contributed by atoms with Gasteiger partial charge in [-0.15, -0.1) is 0 Å². The summed E-state index contributed by atoms with van der Waals surface area (Å²) in [7, 11) is 3.72. The van der Waals surface area contributed by atoms with Crippen molar-refractivity contribution in [1.29, 1.82) is 0 Å². The Balaban J connectivity index is 3.43. The molecule has 0 aromatic heterocycles. The number of rotatable bonds is 4. The van der Waals surface area contributed by atoms with Gasteiger partial charge in [-0.3, -0.25) is 0 Å². The van der Waals surface area contributed by atoms with Gasteiger partial charge in [0, 0.05) is 0 Å². The van der Waals surface area contributed by atoms with Crippen LogP contribution in [-0.2, 0) is 0 Å². The number of alkyl halides is 1. The third kappa shape index (κ3) is 4.36. The monoisotopic (exact) mass is 135 g/mol. The summed E-state index contributed by atoms with van der Waals surface area (Å²) in [4.78, 5) is 0. The van der Waals surface area contributed by atoms with Gasteiger partial charge in [-0.2, -0.15) is 0 Å². The van der Waals surface area contributed by atoms with Crippen LogP contribution in [0.2, 0.25) is 0 Å². The zero-order valence-corrected chi connectivity index (χ0v) is 6.06. The molecule has 0 radical (unpaired) electrons. The van der Waals surface area contributed by atoms with Crippen LogP contribution in [0.3, 0.4) is 0 Å². The molecule has 0 saturated heterocycles. The highest BCUT2D eigenvalue weighted by atomic mass is 19.1. The summed E-state index contributed by atoms with van der Waals surface area (Å²) in [5, 5.41) is 10.1. The molecule has 0 aliphatic rings. The van der Waals surface area contributed by atoms with Crippen LogP contribution < -0.4 is 5.11 Å². The van der Waals surface area contributed by atoms with Gasteiger partial charge in [-0.05, 0) is 0 Å². The predicted molar refractivity (Wildman–Crippen MR) is 32.7 cm³/mol. The van der Waals surface area contributed by atoms with E-state index in [0.717, 1.165) is 0 Å². The minimum atomic E-state index is -0.340. The number of hydrogen-bond donors (Lipinski definition) is 0. The van der Waals surface area contributed by atoms with Crippen molar-refractivity contribution in [2.45, 2.75) is 0 Å². The molecule has 9 heavy (non-hydrogen) atoms. The number of nitrogens with zero attached hydrogens (tertiary/aromatic N) is 1. The van der Waals surface area contributed by atoms with Gasteiger partial charge in [-0.1, -0.05) is 6.61 Å². The van der Waals surface area contributed by atoms with Gasteiger partial charge in [0.2, 0.25) is 0 Å². The Hall–Kier alpha value is -0.150. The lowest BCUT2D eigenvalue weighted by Gasteiger charge is -2.29. The standard InChI is InChI=1S/C6H14FNO/c1-8(2,4-3-7)5-6-9/h3-6H2,1-2H3. The van der Waals surface area contributed by atoms with Crippen molar-refractivity contribution < 1.29 is 14.0 Å². The first kappa shape index (κ1) is 8.85. The summed E-state index contributed by atoms with van der Waals surface area (Å²) in [6.07, 6.45) is 0. The van der Waals surface area contributed by atoms with Crippen molar-refractivity contribution in [2.75, 3.05) is 40.5 Å². The highest BCUT2D eigenvalue weighted by Crippen LogP contribution is 1.93. The van der Waals surface area contributed by atoms with E-state index in [1.165, 1.54) is 0 Å².